The Hall–Kier alpha value is -0.470. The first-order valence-electron chi connectivity index (χ1n) is 7.77. The lowest BCUT2D eigenvalue weighted by Crippen LogP contribution is -2.26. The summed E-state index contributed by atoms with van der Waals surface area (Å²) in [4.78, 5) is 1.47. The number of rotatable bonds is 8. The van der Waals surface area contributed by atoms with E-state index in [-0.39, 0.29) is 0 Å². The highest BCUT2D eigenvalue weighted by molar-refractivity contribution is 7.99. The Bertz CT molecular complexity index is 389. The number of fused-ring (bicyclic) bond motifs is 1. The lowest BCUT2D eigenvalue weighted by molar-refractivity contribution is 0.510. The Morgan fingerprint density at radius 3 is 2.95 bits per heavy atom. The van der Waals surface area contributed by atoms with E-state index in [9.17, 15) is 0 Å². The van der Waals surface area contributed by atoms with Gasteiger partial charge in [0, 0.05) is 10.9 Å². The second-order valence-electron chi connectivity index (χ2n) is 5.63. The van der Waals surface area contributed by atoms with Crippen LogP contribution in [0.1, 0.15) is 50.7 Å². The molecular weight excluding hydrogens is 250 g/mol. The molecule has 0 heterocycles. The molecule has 0 saturated carbocycles. The third-order valence-electron chi connectivity index (χ3n) is 3.86. The summed E-state index contributed by atoms with van der Waals surface area (Å²) in [6.07, 6.45) is 7.76. The van der Waals surface area contributed by atoms with E-state index in [0.717, 1.165) is 6.54 Å². The number of hydrogen-bond acceptors (Lipinski definition) is 2. The maximum Gasteiger partial charge on any atom is 0.00748 e. The van der Waals surface area contributed by atoms with Crippen LogP contribution >= 0.6 is 11.8 Å². The average Bonchev–Trinajstić information content (AvgIpc) is 2.88. The zero-order valence-electron chi connectivity index (χ0n) is 12.4. The smallest absolute Gasteiger partial charge is 0.00748 e. The summed E-state index contributed by atoms with van der Waals surface area (Å²) in [6.45, 7) is 5.68. The fourth-order valence-electron chi connectivity index (χ4n) is 2.71. The van der Waals surface area contributed by atoms with E-state index in [2.05, 4.69) is 37.4 Å². The van der Waals surface area contributed by atoms with Gasteiger partial charge in [0.25, 0.3) is 0 Å². The maximum absolute atomic E-state index is 3.56. The Kier molecular flexibility index (Phi) is 6.25. The molecule has 2 heteroatoms. The molecule has 1 N–H and O–H groups in total. The van der Waals surface area contributed by atoms with Gasteiger partial charge in [-0.25, -0.2) is 0 Å². The first-order valence-corrected chi connectivity index (χ1v) is 8.76. The molecule has 0 radical (unpaired) electrons. The van der Waals surface area contributed by atoms with Crippen molar-refractivity contribution in [2.45, 2.75) is 63.3 Å². The summed E-state index contributed by atoms with van der Waals surface area (Å²) in [5.74, 6) is 1.25. The van der Waals surface area contributed by atoms with Crippen LogP contribution in [0.25, 0.3) is 0 Å². The van der Waals surface area contributed by atoms with E-state index in [1.807, 2.05) is 11.8 Å². The van der Waals surface area contributed by atoms with Crippen LogP contribution in [0.15, 0.2) is 23.1 Å². The van der Waals surface area contributed by atoms with Crippen molar-refractivity contribution in [2.24, 2.45) is 0 Å². The number of nitrogens with one attached hydrogen (secondary N) is 1. The molecule has 1 aliphatic rings. The highest BCUT2D eigenvalue weighted by atomic mass is 32.2. The van der Waals surface area contributed by atoms with Crippen LogP contribution in [-0.2, 0) is 12.8 Å². The molecule has 1 nitrogen and oxygen atoms in total. The van der Waals surface area contributed by atoms with Gasteiger partial charge in [0.15, 0.2) is 0 Å². The molecule has 1 aliphatic carbocycles. The van der Waals surface area contributed by atoms with Crippen molar-refractivity contribution in [1.82, 2.24) is 5.32 Å². The molecule has 1 aromatic carbocycles. The molecule has 0 spiro atoms. The van der Waals surface area contributed by atoms with Gasteiger partial charge in [-0.15, -0.1) is 11.8 Å². The Labute approximate surface area is 122 Å². The molecule has 1 unspecified atom stereocenters. The van der Waals surface area contributed by atoms with E-state index in [1.54, 1.807) is 11.1 Å². The molecule has 0 aliphatic heterocycles. The normalized spacial score (nSPS) is 15.5. The van der Waals surface area contributed by atoms with Crippen molar-refractivity contribution in [2.75, 3.05) is 12.3 Å². The molecule has 1 aromatic rings. The van der Waals surface area contributed by atoms with Gasteiger partial charge in [0.05, 0.1) is 0 Å². The SMILES string of the molecule is CCCNC(C)CCCSc1ccc2c(c1)CCC2. The third kappa shape index (κ3) is 4.85. The number of benzene rings is 1. The summed E-state index contributed by atoms with van der Waals surface area (Å²) in [7, 11) is 0. The lowest BCUT2D eigenvalue weighted by atomic mass is 10.1. The summed E-state index contributed by atoms with van der Waals surface area (Å²) in [5.41, 5.74) is 3.18. The lowest BCUT2D eigenvalue weighted by Gasteiger charge is -2.12. The topological polar surface area (TPSA) is 12.0 Å². The Balaban J connectivity index is 1.66. The molecule has 0 saturated heterocycles. The molecular formula is C17H27NS. The van der Waals surface area contributed by atoms with Gasteiger partial charge in [-0.2, -0.15) is 0 Å². The first kappa shape index (κ1) is 14.9. The second kappa shape index (κ2) is 7.96. The van der Waals surface area contributed by atoms with Crippen LogP contribution < -0.4 is 5.32 Å². The minimum absolute atomic E-state index is 0.667. The van der Waals surface area contributed by atoms with Crippen molar-refractivity contribution < 1.29 is 0 Å². The van der Waals surface area contributed by atoms with Crippen LogP contribution in [0.2, 0.25) is 0 Å². The van der Waals surface area contributed by atoms with Crippen LogP contribution in [0.3, 0.4) is 0 Å². The molecule has 19 heavy (non-hydrogen) atoms. The van der Waals surface area contributed by atoms with Crippen LogP contribution in [0.5, 0.6) is 0 Å². The van der Waals surface area contributed by atoms with Crippen LogP contribution in [0.4, 0.5) is 0 Å². The molecule has 1 atom stereocenters. The number of hydrogen-bond donors (Lipinski definition) is 1. The van der Waals surface area contributed by atoms with Gasteiger partial charge >= 0.3 is 0 Å². The predicted molar refractivity (Wildman–Crippen MR) is 86.2 cm³/mol. The van der Waals surface area contributed by atoms with E-state index in [1.165, 1.54) is 49.2 Å². The van der Waals surface area contributed by atoms with Crippen LogP contribution in [-0.4, -0.2) is 18.3 Å². The fourth-order valence-corrected chi connectivity index (χ4v) is 3.65. The quantitative estimate of drug-likeness (QED) is 0.557. The monoisotopic (exact) mass is 277 g/mol. The Morgan fingerprint density at radius 1 is 1.26 bits per heavy atom. The highest BCUT2D eigenvalue weighted by Gasteiger charge is 2.10. The average molecular weight is 277 g/mol. The first-order chi connectivity index (χ1) is 9.29. The molecule has 0 aromatic heterocycles. The number of thioether (sulfide) groups is 1. The van der Waals surface area contributed by atoms with E-state index in [0.29, 0.717) is 6.04 Å². The maximum atomic E-state index is 3.56. The zero-order valence-corrected chi connectivity index (χ0v) is 13.2. The fraction of sp³-hybridized carbons (Fsp3) is 0.647. The predicted octanol–water partition coefficient (Wildman–Crippen LogP) is 4.44. The van der Waals surface area contributed by atoms with Crippen molar-refractivity contribution >= 4 is 11.8 Å². The van der Waals surface area contributed by atoms with Crippen molar-refractivity contribution in [3.63, 3.8) is 0 Å². The molecule has 0 amide bonds. The molecule has 2 rings (SSSR count). The van der Waals surface area contributed by atoms with Gasteiger partial charge in [-0.1, -0.05) is 13.0 Å². The van der Waals surface area contributed by atoms with Crippen molar-refractivity contribution in [3.8, 4) is 0 Å². The van der Waals surface area contributed by atoms with E-state index < -0.39 is 0 Å². The minimum Gasteiger partial charge on any atom is -0.314 e. The van der Waals surface area contributed by atoms with Crippen molar-refractivity contribution in [3.05, 3.63) is 29.3 Å². The Morgan fingerprint density at radius 2 is 2.11 bits per heavy atom. The van der Waals surface area contributed by atoms with Gasteiger partial charge in [-0.05, 0) is 81.0 Å². The summed E-state index contributed by atoms with van der Waals surface area (Å²) in [5, 5.41) is 3.56. The summed E-state index contributed by atoms with van der Waals surface area (Å²) in [6, 6.07) is 7.75. The van der Waals surface area contributed by atoms with Gasteiger partial charge in [-0.3, -0.25) is 0 Å². The molecule has 0 fully saturated rings. The minimum atomic E-state index is 0.667. The van der Waals surface area contributed by atoms with Gasteiger partial charge in [0.1, 0.15) is 0 Å². The third-order valence-corrected chi connectivity index (χ3v) is 4.94. The highest BCUT2D eigenvalue weighted by Crippen LogP contribution is 2.28. The standard InChI is InChI=1S/C17H27NS/c1-3-11-18-14(2)6-5-12-19-17-10-9-15-7-4-8-16(15)13-17/h9-10,13-14,18H,3-8,11-12H2,1-2H3. The zero-order chi connectivity index (χ0) is 13.5. The van der Waals surface area contributed by atoms with E-state index in [4.69, 9.17) is 0 Å². The second-order valence-corrected chi connectivity index (χ2v) is 6.80. The van der Waals surface area contributed by atoms with Crippen molar-refractivity contribution in [1.29, 1.82) is 0 Å². The van der Waals surface area contributed by atoms with Gasteiger partial charge < -0.3 is 5.32 Å². The van der Waals surface area contributed by atoms with Crippen LogP contribution in [0, 0.1) is 0 Å². The summed E-state index contributed by atoms with van der Waals surface area (Å²) >= 11 is 2.02. The van der Waals surface area contributed by atoms with Gasteiger partial charge in [0.2, 0.25) is 0 Å². The largest absolute Gasteiger partial charge is 0.314 e. The molecule has 0 bridgehead atoms. The summed E-state index contributed by atoms with van der Waals surface area (Å²) < 4.78 is 0. The molecule has 106 valence electrons. The van der Waals surface area contributed by atoms with E-state index >= 15 is 0 Å². The number of aryl methyl sites for hydroxylation is 2.